The second kappa shape index (κ2) is 9.03. The maximum absolute atomic E-state index is 9.97. The van der Waals surface area contributed by atoms with Gasteiger partial charge in [0.25, 0.3) is 0 Å². The number of ether oxygens (including phenoxy) is 1. The molecule has 136 valence electrons. The molecule has 5 N–H and O–H groups in total. The number of nitrogens with zero attached hydrogens (tertiary/aromatic N) is 2. The lowest BCUT2D eigenvalue weighted by Crippen LogP contribution is -2.20. The Morgan fingerprint density at radius 1 is 1.00 bits per heavy atom. The van der Waals surface area contributed by atoms with E-state index in [-0.39, 0.29) is 29.9 Å². The first-order valence-electron chi connectivity index (χ1n) is 7.98. The molecule has 2 aromatic carbocycles. The number of hydrogen-bond donors (Lipinski definition) is 3. The SMILES string of the molecule is Cl.NCC(COc1cc(-c2ccccc2O)nnc1N)c1ccccc1. The third-order valence-corrected chi connectivity index (χ3v) is 3.96. The maximum Gasteiger partial charge on any atom is 0.188 e. The first kappa shape index (κ1) is 19.5. The molecule has 0 aliphatic heterocycles. The Morgan fingerprint density at radius 3 is 2.38 bits per heavy atom. The fourth-order valence-electron chi connectivity index (χ4n) is 2.54. The van der Waals surface area contributed by atoms with Gasteiger partial charge in [-0.1, -0.05) is 42.5 Å². The Morgan fingerprint density at radius 2 is 1.69 bits per heavy atom. The number of phenolic OH excluding ortho intramolecular Hbond substituents is 1. The average Bonchev–Trinajstić information content (AvgIpc) is 2.65. The van der Waals surface area contributed by atoms with Crippen LogP contribution in [0.3, 0.4) is 0 Å². The third-order valence-electron chi connectivity index (χ3n) is 3.96. The Hall–Kier alpha value is -2.83. The molecule has 1 heterocycles. The van der Waals surface area contributed by atoms with Crippen LogP contribution in [0.15, 0.2) is 60.7 Å². The van der Waals surface area contributed by atoms with Crippen molar-refractivity contribution >= 4 is 18.2 Å². The molecule has 0 fully saturated rings. The van der Waals surface area contributed by atoms with Crippen LogP contribution in [-0.2, 0) is 0 Å². The lowest BCUT2D eigenvalue weighted by atomic mass is 10.0. The Bertz CT molecular complexity index is 846. The Balaban J connectivity index is 0.00000243. The largest absolute Gasteiger partial charge is 0.507 e. The van der Waals surface area contributed by atoms with Crippen molar-refractivity contribution in [2.75, 3.05) is 18.9 Å². The van der Waals surface area contributed by atoms with Gasteiger partial charge in [0.1, 0.15) is 11.4 Å². The van der Waals surface area contributed by atoms with Gasteiger partial charge < -0.3 is 21.3 Å². The molecule has 0 aliphatic rings. The summed E-state index contributed by atoms with van der Waals surface area (Å²) in [5.41, 5.74) is 13.9. The summed E-state index contributed by atoms with van der Waals surface area (Å²) in [6, 6.07) is 18.5. The van der Waals surface area contributed by atoms with Crippen molar-refractivity contribution in [2.45, 2.75) is 5.92 Å². The van der Waals surface area contributed by atoms with E-state index in [4.69, 9.17) is 16.2 Å². The quantitative estimate of drug-likeness (QED) is 0.614. The number of halogens is 1. The number of benzene rings is 2. The fourth-order valence-corrected chi connectivity index (χ4v) is 2.54. The van der Waals surface area contributed by atoms with E-state index in [0.717, 1.165) is 5.56 Å². The minimum atomic E-state index is 0. The molecule has 0 amide bonds. The van der Waals surface area contributed by atoms with Crippen LogP contribution in [0.4, 0.5) is 5.82 Å². The number of rotatable bonds is 6. The monoisotopic (exact) mass is 372 g/mol. The predicted molar refractivity (Wildman–Crippen MR) is 105 cm³/mol. The van der Waals surface area contributed by atoms with Crippen molar-refractivity contribution in [3.63, 3.8) is 0 Å². The first-order chi connectivity index (χ1) is 12.2. The lowest BCUT2D eigenvalue weighted by Gasteiger charge is -2.17. The fraction of sp³-hybridized carbons (Fsp3) is 0.158. The highest BCUT2D eigenvalue weighted by molar-refractivity contribution is 5.85. The molecule has 3 rings (SSSR count). The molecular formula is C19H21ClN4O2. The topological polar surface area (TPSA) is 107 Å². The van der Waals surface area contributed by atoms with Gasteiger partial charge in [-0.2, -0.15) is 0 Å². The number of nitrogens with two attached hydrogens (primary N) is 2. The number of anilines is 1. The van der Waals surface area contributed by atoms with Gasteiger partial charge in [0.05, 0.1) is 6.61 Å². The van der Waals surface area contributed by atoms with Crippen molar-refractivity contribution in [2.24, 2.45) is 5.73 Å². The third kappa shape index (κ3) is 4.41. The average molecular weight is 373 g/mol. The molecule has 6 nitrogen and oxygen atoms in total. The van der Waals surface area contributed by atoms with E-state index in [2.05, 4.69) is 10.2 Å². The van der Waals surface area contributed by atoms with Crippen LogP contribution in [0.2, 0.25) is 0 Å². The predicted octanol–water partition coefficient (Wildman–Crippen LogP) is 2.97. The van der Waals surface area contributed by atoms with Gasteiger partial charge >= 0.3 is 0 Å². The highest BCUT2D eigenvalue weighted by Gasteiger charge is 2.14. The second-order valence-electron chi connectivity index (χ2n) is 5.65. The first-order valence-corrected chi connectivity index (χ1v) is 7.98. The summed E-state index contributed by atoms with van der Waals surface area (Å²) in [4.78, 5) is 0. The summed E-state index contributed by atoms with van der Waals surface area (Å²) in [7, 11) is 0. The zero-order valence-electron chi connectivity index (χ0n) is 14.1. The van der Waals surface area contributed by atoms with Crippen molar-refractivity contribution in [1.82, 2.24) is 10.2 Å². The standard InChI is InChI=1S/C19H20N4O2.ClH/c20-11-14(13-6-2-1-3-7-13)12-25-18-10-16(22-23-19(18)21)15-8-4-5-9-17(15)24;/h1-10,14,24H,11-12,20H2,(H2,21,23);1H. The van der Waals surface area contributed by atoms with E-state index < -0.39 is 0 Å². The molecule has 0 bridgehead atoms. The second-order valence-corrected chi connectivity index (χ2v) is 5.65. The lowest BCUT2D eigenvalue weighted by molar-refractivity contribution is 0.290. The van der Waals surface area contributed by atoms with Crippen LogP contribution in [0.1, 0.15) is 11.5 Å². The smallest absolute Gasteiger partial charge is 0.188 e. The van der Waals surface area contributed by atoms with E-state index in [1.807, 2.05) is 36.4 Å². The zero-order valence-corrected chi connectivity index (χ0v) is 14.9. The molecule has 0 spiro atoms. The van der Waals surface area contributed by atoms with Crippen LogP contribution < -0.4 is 16.2 Å². The summed E-state index contributed by atoms with van der Waals surface area (Å²) in [5, 5.41) is 17.9. The number of aromatic hydroxyl groups is 1. The van der Waals surface area contributed by atoms with Gasteiger partial charge in [0.2, 0.25) is 0 Å². The maximum atomic E-state index is 9.97. The van der Waals surface area contributed by atoms with Crippen molar-refractivity contribution in [3.8, 4) is 22.8 Å². The van der Waals surface area contributed by atoms with Crippen LogP contribution in [0, 0.1) is 0 Å². The molecular weight excluding hydrogens is 352 g/mol. The van der Waals surface area contributed by atoms with Gasteiger partial charge in [0, 0.05) is 24.1 Å². The molecule has 0 aliphatic carbocycles. The number of hydrogen-bond acceptors (Lipinski definition) is 6. The zero-order chi connectivity index (χ0) is 17.6. The van der Waals surface area contributed by atoms with Gasteiger partial charge in [-0.15, -0.1) is 22.6 Å². The highest BCUT2D eigenvalue weighted by Crippen LogP contribution is 2.31. The normalized spacial score (nSPS) is 11.4. The molecule has 7 heteroatoms. The number of phenols is 1. The van der Waals surface area contributed by atoms with Gasteiger partial charge in [0.15, 0.2) is 11.6 Å². The molecule has 1 unspecified atom stereocenters. The Labute approximate surface area is 158 Å². The van der Waals surface area contributed by atoms with E-state index in [9.17, 15) is 5.11 Å². The van der Waals surface area contributed by atoms with Crippen LogP contribution in [0.25, 0.3) is 11.3 Å². The van der Waals surface area contributed by atoms with Crippen molar-refractivity contribution in [3.05, 3.63) is 66.2 Å². The summed E-state index contributed by atoms with van der Waals surface area (Å²) in [6.45, 7) is 0.825. The number of aromatic nitrogens is 2. The van der Waals surface area contributed by atoms with E-state index in [0.29, 0.717) is 30.2 Å². The summed E-state index contributed by atoms with van der Waals surface area (Å²) >= 11 is 0. The van der Waals surface area contributed by atoms with Crippen LogP contribution >= 0.6 is 12.4 Å². The summed E-state index contributed by atoms with van der Waals surface area (Å²) in [6.07, 6.45) is 0. The number of para-hydroxylation sites is 1. The molecule has 1 atom stereocenters. The molecule has 3 aromatic rings. The van der Waals surface area contributed by atoms with Gasteiger partial charge in [-0.05, 0) is 17.7 Å². The van der Waals surface area contributed by atoms with E-state index in [1.54, 1.807) is 24.3 Å². The molecule has 1 aromatic heterocycles. The van der Waals surface area contributed by atoms with Crippen molar-refractivity contribution < 1.29 is 9.84 Å². The number of nitrogen functional groups attached to an aromatic ring is 1. The van der Waals surface area contributed by atoms with Crippen LogP contribution in [0.5, 0.6) is 11.5 Å². The van der Waals surface area contributed by atoms with E-state index in [1.165, 1.54) is 0 Å². The van der Waals surface area contributed by atoms with Crippen molar-refractivity contribution in [1.29, 1.82) is 0 Å². The molecule has 0 saturated carbocycles. The molecule has 0 radical (unpaired) electrons. The summed E-state index contributed by atoms with van der Waals surface area (Å²) in [5.74, 6) is 0.782. The molecule has 26 heavy (non-hydrogen) atoms. The minimum Gasteiger partial charge on any atom is -0.507 e. The van der Waals surface area contributed by atoms with Gasteiger partial charge in [-0.25, -0.2) is 0 Å². The van der Waals surface area contributed by atoms with Gasteiger partial charge in [-0.3, -0.25) is 0 Å². The highest BCUT2D eigenvalue weighted by atomic mass is 35.5. The molecule has 0 saturated heterocycles. The Kier molecular flexibility index (Phi) is 6.77. The summed E-state index contributed by atoms with van der Waals surface area (Å²) < 4.78 is 5.86. The minimum absolute atomic E-state index is 0. The van der Waals surface area contributed by atoms with E-state index >= 15 is 0 Å². The van der Waals surface area contributed by atoms with Crippen LogP contribution in [-0.4, -0.2) is 28.5 Å².